The van der Waals surface area contributed by atoms with Gasteiger partial charge in [-0.2, -0.15) is 4.98 Å². The molecule has 1 aromatic heterocycles. The molecule has 0 spiro atoms. The lowest BCUT2D eigenvalue weighted by Crippen LogP contribution is -2.49. The molecule has 1 saturated heterocycles. The highest BCUT2D eigenvalue weighted by atomic mass is 16.6. The van der Waals surface area contributed by atoms with Gasteiger partial charge in [0.15, 0.2) is 0 Å². The van der Waals surface area contributed by atoms with E-state index in [2.05, 4.69) is 52.0 Å². The van der Waals surface area contributed by atoms with Crippen LogP contribution in [0.1, 0.15) is 25.1 Å². The Morgan fingerprint density at radius 3 is 2.68 bits per heavy atom. The van der Waals surface area contributed by atoms with Crippen molar-refractivity contribution in [1.29, 1.82) is 0 Å². The van der Waals surface area contributed by atoms with Gasteiger partial charge in [0.2, 0.25) is 5.95 Å². The molecule has 28 heavy (non-hydrogen) atoms. The molecule has 2 aliphatic heterocycles. The number of anilines is 3. The SMILES string of the molecule is CCOC(=O)N1CCN(c2nc(C)cc(N3c4ccccc4CC3C)n2)CC1. The number of hydrogen-bond acceptors (Lipinski definition) is 6. The molecular formula is C21H27N5O2. The number of aromatic nitrogens is 2. The molecule has 7 heteroatoms. The van der Waals surface area contributed by atoms with Crippen LogP contribution in [0.15, 0.2) is 30.3 Å². The summed E-state index contributed by atoms with van der Waals surface area (Å²) in [7, 11) is 0. The minimum atomic E-state index is -0.240. The van der Waals surface area contributed by atoms with Gasteiger partial charge in [0, 0.05) is 49.7 Å². The molecule has 148 valence electrons. The summed E-state index contributed by atoms with van der Waals surface area (Å²) >= 11 is 0. The summed E-state index contributed by atoms with van der Waals surface area (Å²) in [6.45, 7) is 9.11. The van der Waals surface area contributed by atoms with Crippen molar-refractivity contribution in [3.05, 3.63) is 41.6 Å². The molecule has 2 aromatic rings. The van der Waals surface area contributed by atoms with Gasteiger partial charge in [-0.1, -0.05) is 18.2 Å². The Morgan fingerprint density at radius 1 is 1.18 bits per heavy atom. The van der Waals surface area contributed by atoms with Crippen molar-refractivity contribution in [3.63, 3.8) is 0 Å². The first-order valence-electron chi connectivity index (χ1n) is 9.96. The van der Waals surface area contributed by atoms with Gasteiger partial charge in [0.25, 0.3) is 0 Å². The number of rotatable bonds is 3. The Kier molecular flexibility index (Phi) is 5.07. The third kappa shape index (κ3) is 3.48. The molecule has 0 aliphatic carbocycles. The highest BCUT2D eigenvalue weighted by Crippen LogP contribution is 2.37. The standard InChI is InChI=1S/C21H27N5O2/c1-4-28-21(27)25-11-9-24(10-12-25)20-22-15(2)13-19(23-20)26-16(3)14-17-7-5-6-8-18(17)26/h5-8,13,16H,4,9-12,14H2,1-3H3. The topological polar surface area (TPSA) is 61.8 Å². The van der Waals surface area contributed by atoms with Crippen LogP contribution in [0, 0.1) is 6.92 Å². The first-order valence-corrected chi connectivity index (χ1v) is 9.96. The van der Waals surface area contributed by atoms with E-state index in [1.807, 2.05) is 13.8 Å². The lowest BCUT2D eigenvalue weighted by molar-refractivity contribution is 0.105. The molecule has 1 fully saturated rings. The molecule has 0 bridgehead atoms. The summed E-state index contributed by atoms with van der Waals surface area (Å²) in [5.74, 6) is 1.67. The predicted molar refractivity (Wildman–Crippen MR) is 109 cm³/mol. The zero-order valence-electron chi connectivity index (χ0n) is 16.8. The van der Waals surface area contributed by atoms with E-state index in [-0.39, 0.29) is 6.09 Å². The predicted octanol–water partition coefficient (Wildman–Crippen LogP) is 3.15. The first kappa shape index (κ1) is 18.5. The van der Waals surface area contributed by atoms with Crippen molar-refractivity contribution in [3.8, 4) is 0 Å². The van der Waals surface area contributed by atoms with Crippen molar-refractivity contribution in [1.82, 2.24) is 14.9 Å². The van der Waals surface area contributed by atoms with Gasteiger partial charge in [0.05, 0.1) is 6.61 Å². The van der Waals surface area contributed by atoms with Crippen LogP contribution in [-0.2, 0) is 11.2 Å². The number of benzene rings is 1. The Balaban J connectivity index is 1.55. The number of fused-ring (bicyclic) bond motifs is 1. The second-order valence-electron chi connectivity index (χ2n) is 7.39. The normalized spacial score (nSPS) is 19.0. The Labute approximate surface area is 165 Å². The van der Waals surface area contributed by atoms with Crippen molar-refractivity contribution >= 4 is 23.5 Å². The number of para-hydroxylation sites is 1. The number of ether oxygens (including phenoxy) is 1. The fourth-order valence-electron chi connectivity index (χ4n) is 4.02. The third-order valence-corrected chi connectivity index (χ3v) is 5.37. The fraction of sp³-hybridized carbons (Fsp3) is 0.476. The van der Waals surface area contributed by atoms with Crippen LogP contribution in [-0.4, -0.2) is 59.8 Å². The zero-order valence-corrected chi connectivity index (χ0v) is 16.8. The number of amides is 1. The third-order valence-electron chi connectivity index (χ3n) is 5.37. The van der Waals surface area contributed by atoms with Crippen molar-refractivity contribution in [2.75, 3.05) is 42.6 Å². The molecule has 1 unspecified atom stereocenters. The number of carbonyl (C=O) groups excluding carboxylic acids is 1. The highest BCUT2D eigenvalue weighted by Gasteiger charge is 2.29. The smallest absolute Gasteiger partial charge is 0.409 e. The summed E-state index contributed by atoms with van der Waals surface area (Å²) in [6.07, 6.45) is 0.780. The molecule has 1 atom stereocenters. The van der Waals surface area contributed by atoms with E-state index in [1.165, 1.54) is 11.3 Å². The van der Waals surface area contributed by atoms with Gasteiger partial charge >= 0.3 is 6.09 Å². The molecule has 0 saturated carbocycles. The maximum Gasteiger partial charge on any atom is 0.409 e. The van der Waals surface area contributed by atoms with Crippen molar-refractivity contribution in [2.24, 2.45) is 0 Å². The van der Waals surface area contributed by atoms with E-state index in [4.69, 9.17) is 9.72 Å². The lowest BCUT2D eigenvalue weighted by Gasteiger charge is -2.34. The van der Waals surface area contributed by atoms with E-state index in [9.17, 15) is 4.79 Å². The number of hydrogen-bond donors (Lipinski definition) is 0. The fourth-order valence-corrected chi connectivity index (χ4v) is 4.02. The monoisotopic (exact) mass is 381 g/mol. The van der Waals surface area contributed by atoms with Crippen LogP contribution in [0.5, 0.6) is 0 Å². The van der Waals surface area contributed by atoms with E-state index < -0.39 is 0 Å². The maximum atomic E-state index is 11.9. The quantitative estimate of drug-likeness (QED) is 0.814. The number of aryl methyl sites for hydroxylation is 1. The van der Waals surface area contributed by atoms with E-state index >= 15 is 0 Å². The Bertz CT molecular complexity index is 864. The van der Waals surface area contributed by atoms with Crippen molar-refractivity contribution in [2.45, 2.75) is 33.2 Å². The molecular weight excluding hydrogens is 354 g/mol. The summed E-state index contributed by atoms with van der Waals surface area (Å²) < 4.78 is 5.10. The summed E-state index contributed by atoms with van der Waals surface area (Å²) in [5, 5.41) is 0. The zero-order chi connectivity index (χ0) is 19.7. The molecule has 1 aromatic carbocycles. The average Bonchev–Trinajstić information content (AvgIpc) is 3.03. The van der Waals surface area contributed by atoms with Gasteiger partial charge in [0.1, 0.15) is 5.82 Å². The second kappa shape index (κ2) is 7.66. The minimum absolute atomic E-state index is 0.240. The minimum Gasteiger partial charge on any atom is -0.450 e. The maximum absolute atomic E-state index is 11.9. The number of piperazine rings is 1. The molecule has 2 aliphatic rings. The number of nitrogens with zero attached hydrogens (tertiary/aromatic N) is 5. The Morgan fingerprint density at radius 2 is 1.93 bits per heavy atom. The lowest BCUT2D eigenvalue weighted by atomic mass is 10.1. The molecule has 7 nitrogen and oxygen atoms in total. The van der Waals surface area contributed by atoms with E-state index in [0.29, 0.717) is 38.8 Å². The average molecular weight is 381 g/mol. The van der Waals surface area contributed by atoms with Crippen LogP contribution in [0.25, 0.3) is 0 Å². The molecule has 1 amide bonds. The van der Waals surface area contributed by atoms with E-state index in [0.717, 1.165) is 23.9 Å². The molecule has 0 radical (unpaired) electrons. The van der Waals surface area contributed by atoms with Gasteiger partial charge in [-0.3, -0.25) is 0 Å². The van der Waals surface area contributed by atoms with Crippen LogP contribution in [0.2, 0.25) is 0 Å². The first-order chi connectivity index (χ1) is 13.6. The van der Waals surface area contributed by atoms with Crippen LogP contribution < -0.4 is 9.80 Å². The largest absolute Gasteiger partial charge is 0.450 e. The van der Waals surface area contributed by atoms with E-state index in [1.54, 1.807) is 4.90 Å². The summed E-state index contributed by atoms with van der Waals surface area (Å²) in [5.41, 5.74) is 3.53. The molecule has 3 heterocycles. The van der Waals surface area contributed by atoms with Gasteiger partial charge in [-0.05, 0) is 38.8 Å². The van der Waals surface area contributed by atoms with Gasteiger partial charge < -0.3 is 19.4 Å². The van der Waals surface area contributed by atoms with Crippen LogP contribution in [0.4, 0.5) is 22.2 Å². The number of carbonyl (C=O) groups is 1. The highest BCUT2D eigenvalue weighted by molar-refractivity contribution is 5.70. The summed E-state index contributed by atoms with van der Waals surface area (Å²) in [4.78, 5) is 27.7. The van der Waals surface area contributed by atoms with Crippen LogP contribution in [0.3, 0.4) is 0 Å². The Hall–Kier alpha value is -2.83. The second-order valence-corrected chi connectivity index (χ2v) is 7.39. The molecule has 4 rings (SSSR count). The molecule has 0 N–H and O–H groups in total. The van der Waals surface area contributed by atoms with Gasteiger partial charge in [-0.25, -0.2) is 9.78 Å². The van der Waals surface area contributed by atoms with Crippen molar-refractivity contribution < 1.29 is 9.53 Å². The summed E-state index contributed by atoms with van der Waals surface area (Å²) in [6, 6.07) is 10.9. The van der Waals surface area contributed by atoms with Gasteiger partial charge in [-0.15, -0.1) is 0 Å². The van der Waals surface area contributed by atoms with Crippen LogP contribution >= 0.6 is 0 Å².